The summed E-state index contributed by atoms with van der Waals surface area (Å²) >= 11 is 0. The van der Waals surface area contributed by atoms with Gasteiger partial charge in [0.25, 0.3) is 0 Å². The highest BCUT2D eigenvalue weighted by atomic mass is 16.6. The third-order valence-corrected chi connectivity index (χ3v) is 8.98. The van der Waals surface area contributed by atoms with Crippen molar-refractivity contribution in [2.75, 3.05) is 31.1 Å². The Morgan fingerprint density at radius 3 is 1.57 bits per heavy atom. The van der Waals surface area contributed by atoms with Crippen molar-refractivity contribution in [2.24, 2.45) is 0 Å². The number of likely N-dealkylation sites (tertiary alicyclic amines) is 2. The Morgan fingerprint density at radius 2 is 1.13 bits per heavy atom. The second kappa shape index (κ2) is 14.1. The summed E-state index contributed by atoms with van der Waals surface area (Å²) in [7, 11) is 0. The Balaban J connectivity index is 1.15. The molecule has 0 bridgehead atoms. The van der Waals surface area contributed by atoms with E-state index in [1.54, 1.807) is 9.80 Å². The van der Waals surface area contributed by atoms with E-state index in [0.29, 0.717) is 25.9 Å². The van der Waals surface area contributed by atoms with Crippen LogP contribution in [0.25, 0.3) is 0 Å². The summed E-state index contributed by atoms with van der Waals surface area (Å²) in [5.41, 5.74) is 2.57. The predicted octanol–water partition coefficient (Wildman–Crippen LogP) is 6.70. The molecule has 3 saturated heterocycles. The molecule has 4 unspecified atom stereocenters. The van der Waals surface area contributed by atoms with Crippen LogP contribution in [0.15, 0.2) is 48.5 Å². The molecule has 2 aromatic rings. The lowest BCUT2D eigenvalue weighted by molar-refractivity contribution is -0.123. The van der Waals surface area contributed by atoms with Gasteiger partial charge in [0.05, 0.1) is 12.1 Å². The van der Waals surface area contributed by atoms with Crippen LogP contribution in [0.3, 0.4) is 0 Å². The number of nitrogens with zero attached hydrogens (tertiary/aromatic N) is 3. The van der Waals surface area contributed by atoms with Gasteiger partial charge in [0.2, 0.25) is 0 Å². The molecule has 9 nitrogen and oxygen atoms in total. The van der Waals surface area contributed by atoms with E-state index in [1.807, 2.05) is 90.1 Å². The SMILES string of the molecule is [2H]C1C(c2ccc(CC(=O)C3CCCN3C(=O)OC(C)(C)C)cc2)CCN1c1ccc(CC(=O)C2CCCN2C(=O)OC(C)(C)C)cc1. The van der Waals surface area contributed by atoms with Crippen LogP contribution in [0, 0.1) is 0 Å². The van der Waals surface area contributed by atoms with E-state index >= 15 is 0 Å². The summed E-state index contributed by atoms with van der Waals surface area (Å²) in [5.74, 6) is 0.0550. The number of carbonyl (C=O) groups is 4. The van der Waals surface area contributed by atoms with Gasteiger partial charge in [-0.2, -0.15) is 0 Å². The molecule has 0 N–H and O–H groups in total. The number of ether oxygens (including phenoxy) is 2. The Hall–Kier alpha value is -3.88. The number of hydrogen-bond donors (Lipinski definition) is 0. The first-order chi connectivity index (χ1) is 22.6. The fourth-order valence-corrected chi connectivity index (χ4v) is 6.72. The van der Waals surface area contributed by atoms with Gasteiger partial charge < -0.3 is 14.4 Å². The van der Waals surface area contributed by atoms with Gasteiger partial charge in [0.1, 0.15) is 11.2 Å². The molecule has 9 heteroatoms. The molecule has 3 aliphatic rings. The molecule has 0 saturated carbocycles. The zero-order valence-corrected chi connectivity index (χ0v) is 28.8. The normalized spacial score (nSPS) is 23.5. The summed E-state index contributed by atoms with van der Waals surface area (Å²) in [4.78, 5) is 56.9. The summed E-state index contributed by atoms with van der Waals surface area (Å²) in [6, 6.07) is 14.9. The number of rotatable bonds is 8. The van der Waals surface area contributed by atoms with E-state index in [4.69, 9.17) is 10.8 Å². The van der Waals surface area contributed by atoms with Crippen LogP contribution >= 0.6 is 0 Å². The molecular weight excluding hydrogens is 594 g/mol. The minimum Gasteiger partial charge on any atom is -0.444 e. The number of Topliss-reactive ketones (excluding diaryl/α,β-unsaturated/α-hetero) is 2. The first kappa shape index (κ1) is 33.0. The molecule has 3 heterocycles. The number of anilines is 1. The van der Waals surface area contributed by atoms with E-state index in [9.17, 15) is 19.2 Å². The average Bonchev–Trinajstić information content (AvgIpc) is 3.77. The second-order valence-corrected chi connectivity index (χ2v) is 15.1. The van der Waals surface area contributed by atoms with E-state index in [-0.39, 0.29) is 30.3 Å². The molecule has 3 fully saturated rings. The number of carbonyl (C=O) groups excluding carboxylic acids is 4. The van der Waals surface area contributed by atoms with Crippen molar-refractivity contribution in [3.63, 3.8) is 0 Å². The van der Waals surface area contributed by atoms with Crippen LogP contribution in [0.2, 0.25) is 0 Å². The Morgan fingerprint density at radius 1 is 0.681 bits per heavy atom. The largest absolute Gasteiger partial charge is 0.444 e. The summed E-state index contributed by atoms with van der Waals surface area (Å²) in [5, 5.41) is 0. The molecule has 0 radical (unpaired) electrons. The quantitative estimate of drug-likeness (QED) is 0.315. The van der Waals surface area contributed by atoms with Gasteiger partial charge in [0.15, 0.2) is 11.6 Å². The van der Waals surface area contributed by atoms with Crippen LogP contribution in [0.4, 0.5) is 15.3 Å². The molecule has 0 aromatic heterocycles. The third-order valence-electron chi connectivity index (χ3n) is 8.98. The third kappa shape index (κ3) is 8.93. The topological polar surface area (TPSA) is 96.5 Å². The zero-order valence-electron chi connectivity index (χ0n) is 29.8. The molecule has 0 aliphatic carbocycles. The van der Waals surface area contributed by atoms with Crippen molar-refractivity contribution in [3.05, 3.63) is 65.2 Å². The standard InChI is InChI=1S/C38H51N3O6/c1-37(2,3)46-35(44)40-20-7-9-31(40)33(42)23-26-11-15-28(16-12-26)29-19-22-39(25-29)30-17-13-27(14-18-30)24-34(43)32-10-8-21-41(32)36(45)47-38(4,5)6/h11-18,29,31-32H,7-10,19-25H2,1-6H3/i25D. The maximum Gasteiger partial charge on any atom is 0.410 e. The highest BCUT2D eigenvalue weighted by molar-refractivity contribution is 5.90. The zero-order chi connectivity index (χ0) is 34.8. The minimum absolute atomic E-state index is 0.0134. The monoisotopic (exact) mass is 646 g/mol. The van der Waals surface area contributed by atoms with Gasteiger partial charge in [-0.3, -0.25) is 19.4 Å². The van der Waals surface area contributed by atoms with Gasteiger partial charge >= 0.3 is 12.2 Å². The van der Waals surface area contributed by atoms with E-state index < -0.39 is 42.0 Å². The fourth-order valence-electron chi connectivity index (χ4n) is 6.72. The maximum atomic E-state index is 13.2. The molecule has 3 aliphatic heterocycles. The van der Waals surface area contributed by atoms with Crippen LogP contribution in [-0.2, 0) is 31.9 Å². The predicted molar refractivity (Wildman–Crippen MR) is 182 cm³/mol. The van der Waals surface area contributed by atoms with Crippen molar-refractivity contribution >= 4 is 29.4 Å². The van der Waals surface area contributed by atoms with Gasteiger partial charge in [-0.1, -0.05) is 36.4 Å². The van der Waals surface area contributed by atoms with E-state index in [2.05, 4.69) is 4.90 Å². The average molecular weight is 647 g/mol. The van der Waals surface area contributed by atoms with E-state index in [1.165, 1.54) is 0 Å². The molecule has 5 rings (SSSR count). The van der Waals surface area contributed by atoms with Crippen molar-refractivity contribution < 1.29 is 30.0 Å². The molecule has 4 atom stereocenters. The van der Waals surface area contributed by atoms with Crippen LogP contribution in [0.5, 0.6) is 0 Å². The molecule has 254 valence electrons. The Bertz CT molecular complexity index is 1370. The van der Waals surface area contributed by atoms with Gasteiger partial charge in [-0.15, -0.1) is 0 Å². The number of ketones is 2. The smallest absolute Gasteiger partial charge is 0.410 e. The van der Waals surface area contributed by atoms with Crippen LogP contribution in [0.1, 0.15) is 97.6 Å². The van der Waals surface area contributed by atoms with Crippen molar-refractivity contribution in [3.8, 4) is 0 Å². The molecule has 0 spiro atoms. The lowest BCUT2D eigenvalue weighted by atomic mass is 9.95. The summed E-state index contributed by atoms with van der Waals surface area (Å²) in [6.45, 7) is 12.3. The molecule has 2 amide bonds. The molecular formula is C38H51N3O6. The van der Waals surface area contributed by atoms with E-state index in [0.717, 1.165) is 48.2 Å². The van der Waals surface area contributed by atoms with Gasteiger partial charge in [-0.05, 0) is 102 Å². The van der Waals surface area contributed by atoms with Crippen LogP contribution < -0.4 is 4.90 Å². The highest BCUT2D eigenvalue weighted by Crippen LogP contribution is 2.32. The summed E-state index contributed by atoms with van der Waals surface area (Å²) in [6.07, 6.45) is 3.33. The lowest BCUT2D eigenvalue weighted by Crippen LogP contribution is -2.43. The van der Waals surface area contributed by atoms with Crippen molar-refractivity contribution in [1.82, 2.24) is 9.80 Å². The number of benzene rings is 2. The maximum absolute atomic E-state index is 13.2. The second-order valence-electron chi connectivity index (χ2n) is 15.1. The molecule has 2 aromatic carbocycles. The lowest BCUT2D eigenvalue weighted by Gasteiger charge is -2.28. The first-order valence-electron chi connectivity index (χ1n) is 17.6. The van der Waals surface area contributed by atoms with Gasteiger partial charge in [-0.25, -0.2) is 9.59 Å². The van der Waals surface area contributed by atoms with Crippen molar-refractivity contribution in [2.45, 2.75) is 116 Å². The first-order valence-corrected chi connectivity index (χ1v) is 17.0. The minimum atomic E-state index is -0.610. The highest BCUT2D eigenvalue weighted by Gasteiger charge is 2.37. The van der Waals surface area contributed by atoms with Gasteiger partial charge in [0, 0.05) is 52.0 Å². The van der Waals surface area contributed by atoms with Crippen LogP contribution in [-0.4, -0.2) is 83.0 Å². The fraction of sp³-hybridized carbons (Fsp3) is 0.579. The van der Waals surface area contributed by atoms with Crippen molar-refractivity contribution in [1.29, 1.82) is 0 Å². The summed E-state index contributed by atoms with van der Waals surface area (Å²) < 4.78 is 20.1. The Kier molecular flexibility index (Phi) is 9.90. The number of amides is 2. The molecule has 47 heavy (non-hydrogen) atoms. The Labute approximate surface area is 281 Å². The number of hydrogen-bond acceptors (Lipinski definition) is 7.